The van der Waals surface area contributed by atoms with Crippen molar-refractivity contribution in [3.8, 4) is 0 Å². The minimum atomic E-state index is 1.19. The van der Waals surface area contributed by atoms with Crippen molar-refractivity contribution >= 4 is 22.6 Å². The second kappa shape index (κ2) is 6.52. The zero-order valence-electron chi connectivity index (χ0n) is 7.38. The molecule has 0 bridgehead atoms. The Morgan fingerprint density at radius 2 is 1.58 bits per heavy atom. The molecule has 0 unspecified atom stereocenters. The molecule has 0 aliphatic rings. The first-order chi connectivity index (χ1) is 5.93. The smallest absolute Gasteiger partial charge is 0.0219 e. The second-order valence-corrected chi connectivity index (χ2v) is 4.10. The zero-order chi connectivity index (χ0) is 8.65. The predicted molar refractivity (Wildman–Crippen MR) is 61.8 cm³/mol. The molecule has 0 radical (unpaired) electrons. The monoisotopic (exact) mass is 277 g/mol. The summed E-state index contributed by atoms with van der Waals surface area (Å²) in [5.74, 6) is 0. The molecule has 1 heterocycles. The van der Waals surface area contributed by atoms with E-state index in [-0.39, 0.29) is 0 Å². The number of nitrogens with zero attached hydrogens (tertiary/aromatic N) is 1. The summed E-state index contributed by atoms with van der Waals surface area (Å²) in [7, 11) is 0. The SMILES string of the molecule is ICCCCCCn1cccc1. The van der Waals surface area contributed by atoms with Crippen LogP contribution in [0.5, 0.6) is 0 Å². The van der Waals surface area contributed by atoms with E-state index in [4.69, 9.17) is 0 Å². The topological polar surface area (TPSA) is 4.93 Å². The first-order valence-corrected chi connectivity index (χ1v) is 6.13. The van der Waals surface area contributed by atoms with Gasteiger partial charge in [-0.15, -0.1) is 0 Å². The summed E-state index contributed by atoms with van der Waals surface area (Å²) in [6, 6.07) is 4.18. The van der Waals surface area contributed by atoms with Gasteiger partial charge in [-0.1, -0.05) is 35.4 Å². The van der Waals surface area contributed by atoms with Crippen molar-refractivity contribution in [2.75, 3.05) is 4.43 Å². The van der Waals surface area contributed by atoms with Crippen molar-refractivity contribution in [2.45, 2.75) is 32.2 Å². The van der Waals surface area contributed by atoms with Crippen LogP contribution >= 0.6 is 22.6 Å². The van der Waals surface area contributed by atoms with Gasteiger partial charge in [0.25, 0.3) is 0 Å². The molecule has 1 aromatic rings. The average Bonchev–Trinajstić information content (AvgIpc) is 2.57. The third-order valence-electron chi connectivity index (χ3n) is 1.97. The van der Waals surface area contributed by atoms with Gasteiger partial charge in [-0.05, 0) is 29.4 Å². The van der Waals surface area contributed by atoms with E-state index in [1.165, 1.54) is 36.7 Å². The Hall–Kier alpha value is 0.0100. The minimum absolute atomic E-state index is 1.19. The molecule has 0 spiro atoms. The standard InChI is InChI=1S/C10H16IN/c11-7-3-1-2-4-8-12-9-5-6-10-12/h5-6,9-10H,1-4,7-8H2. The fourth-order valence-corrected chi connectivity index (χ4v) is 1.80. The van der Waals surface area contributed by atoms with Crippen LogP contribution in [0.4, 0.5) is 0 Å². The fourth-order valence-electron chi connectivity index (χ4n) is 1.26. The van der Waals surface area contributed by atoms with Crippen molar-refractivity contribution < 1.29 is 0 Å². The molecule has 1 aromatic heterocycles. The van der Waals surface area contributed by atoms with Crippen LogP contribution in [0.15, 0.2) is 24.5 Å². The van der Waals surface area contributed by atoms with Gasteiger partial charge < -0.3 is 4.57 Å². The highest BCUT2D eigenvalue weighted by molar-refractivity contribution is 14.1. The van der Waals surface area contributed by atoms with Crippen molar-refractivity contribution in [1.29, 1.82) is 0 Å². The number of alkyl halides is 1. The summed E-state index contributed by atoms with van der Waals surface area (Å²) in [6.45, 7) is 1.19. The quantitative estimate of drug-likeness (QED) is 0.426. The van der Waals surface area contributed by atoms with Gasteiger partial charge in [0.05, 0.1) is 0 Å². The molecule has 0 amide bonds. The van der Waals surface area contributed by atoms with Crippen molar-refractivity contribution in [3.05, 3.63) is 24.5 Å². The molecule has 0 fully saturated rings. The molecule has 1 nitrogen and oxygen atoms in total. The maximum atomic E-state index is 2.44. The Labute approximate surface area is 88.3 Å². The van der Waals surface area contributed by atoms with Gasteiger partial charge in [0, 0.05) is 18.9 Å². The van der Waals surface area contributed by atoms with Crippen LogP contribution in [0.2, 0.25) is 0 Å². The van der Waals surface area contributed by atoms with E-state index in [2.05, 4.69) is 51.7 Å². The molecule has 12 heavy (non-hydrogen) atoms. The molecule has 0 N–H and O–H groups in total. The van der Waals surface area contributed by atoms with Gasteiger partial charge in [0.2, 0.25) is 0 Å². The lowest BCUT2D eigenvalue weighted by Crippen LogP contribution is -1.93. The lowest BCUT2D eigenvalue weighted by atomic mass is 10.2. The number of aryl methyl sites for hydroxylation is 1. The maximum absolute atomic E-state index is 2.44. The summed E-state index contributed by atoms with van der Waals surface area (Å²) in [5.41, 5.74) is 0. The van der Waals surface area contributed by atoms with Gasteiger partial charge in [-0.25, -0.2) is 0 Å². The Bertz CT molecular complexity index is 182. The van der Waals surface area contributed by atoms with E-state index in [9.17, 15) is 0 Å². The molecule has 68 valence electrons. The molecule has 2 heteroatoms. The summed E-state index contributed by atoms with van der Waals surface area (Å²) < 4.78 is 3.56. The minimum Gasteiger partial charge on any atom is -0.354 e. The second-order valence-electron chi connectivity index (χ2n) is 3.02. The summed E-state index contributed by atoms with van der Waals surface area (Å²) >= 11 is 2.44. The summed E-state index contributed by atoms with van der Waals surface area (Å²) in [4.78, 5) is 0. The Morgan fingerprint density at radius 1 is 0.917 bits per heavy atom. The molecular formula is C10H16IN. The van der Waals surface area contributed by atoms with Crippen LogP contribution in [-0.4, -0.2) is 8.99 Å². The van der Waals surface area contributed by atoms with E-state index in [1.54, 1.807) is 0 Å². The van der Waals surface area contributed by atoms with Crippen LogP contribution in [0.3, 0.4) is 0 Å². The number of unbranched alkanes of at least 4 members (excludes halogenated alkanes) is 3. The summed E-state index contributed by atoms with van der Waals surface area (Å²) in [6.07, 6.45) is 9.75. The first-order valence-electron chi connectivity index (χ1n) is 4.60. The Balaban J connectivity index is 1.96. The number of halogens is 1. The van der Waals surface area contributed by atoms with Crippen LogP contribution < -0.4 is 0 Å². The van der Waals surface area contributed by atoms with Gasteiger partial charge in [0.1, 0.15) is 0 Å². The number of hydrogen-bond acceptors (Lipinski definition) is 0. The fraction of sp³-hybridized carbons (Fsp3) is 0.600. The van der Waals surface area contributed by atoms with Gasteiger partial charge in [-0.3, -0.25) is 0 Å². The average molecular weight is 277 g/mol. The van der Waals surface area contributed by atoms with Crippen LogP contribution in [0, 0.1) is 0 Å². The highest BCUT2D eigenvalue weighted by atomic mass is 127. The molecule has 0 aliphatic carbocycles. The van der Waals surface area contributed by atoms with E-state index in [0.717, 1.165) is 0 Å². The van der Waals surface area contributed by atoms with Gasteiger partial charge in [0.15, 0.2) is 0 Å². The van der Waals surface area contributed by atoms with Crippen LogP contribution in [0.1, 0.15) is 25.7 Å². The Morgan fingerprint density at radius 3 is 2.25 bits per heavy atom. The largest absolute Gasteiger partial charge is 0.354 e. The van der Waals surface area contributed by atoms with E-state index < -0.39 is 0 Å². The number of hydrogen-bond donors (Lipinski definition) is 0. The number of rotatable bonds is 6. The summed E-state index contributed by atoms with van der Waals surface area (Å²) in [5, 5.41) is 0. The third-order valence-corrected chi connectivity index (χ3v) is 2.73. The Kier molecular flexibility index (Phi) is 5.48. The maximum Gasteiger partial charge on any atom is 0.0219 e. The van der Waals surface area contributed by atoms with Crippen molar-refractivity contribution in [1.82, 2.24) is 4.57 Å². The zero-order valence-corrected chi connectivity index (χ0v) is 9.53. The van der Waals surface area contributed by atoms with Crippen LogP contribution in [-0.2, 0) is 6.54 Å². The van der Waals surface area contributed by atoms with Crippen molar-refractivity contribution in [3.63, 3.8) is 0 Å². The molecule has 1 rings (SSSR count). The molecule has 0 aliphatic heterocycles. The van der Waals surface area contributed by atoms with E-state index in [1.807, 2.05) is 0 Å². The lowest BCUT2D eigenvalue weighted by Gasteiger charge is -2.01. The molecule has 0 aromatic carbocycles. The first kappa shape index (κ1) is 10.1. The molecular weight excluding hydrogens is 261 g/mol. The molecule has 0 atom stereocenters. The molecule has 0 saturated carbocycles. The molecule has 0 saturated heterocycles. The highest BCUT2D eigenvalue weighted by Crippen LogP contribution is 2.04. The predicted octanol–water partition coefficient (Wildman–Crippen LogP) is 3.48. The van der Waals surface area contributed by atoms with Crippen LogP contribution in [0.25, 0.3) is 0 Å². The van der Waals surface area contributed by atoms with E-state index >= 15 is 0 Å². The van der Waals surface area contributed by atoms with E-state index in [0.29, 0.717) is 0 Å². The number of aromatic nitrogens is 1. The third kappa shape index (κ3) is 4.14. The lowest BCUT2D eigenvalue weighted by molar-refractivity contribution is 0.587. The van der Waals surface area contributed by atoms with Gasteiger partial charge >= 0.3 is 0 Å². The normalized spacial score (nSPS) is 10.4. The highest BCUT2D eigenvalue weighted by Gasteiger charge is 1.90. The van der Waals surface area contributed by atoms with Crippen molar-refractivity contribution in [2.24, 2.45) is 0 Å². The van der Waals surface area contributed by atoms with Gasteiger partial charge in [-0.2, -0.15) is 0 Å².